The molecule has 1 heterocycles. The van der Waals surface area contributed by atoms with E-state index in [9.17, 15) is 9.18 Å². The fourth-order valence-corrected chi connectivity index (χ4v) is 2.00. The highest BCUT2D eigenvalue weighted by molar-refractivity contribution is 9.10. The van der Waals surface area contributed by atoms with Gasteiger partial charge in [-0.15, -0.1) is 0 Å². The highest BCUT2D eigenvalue weighted by atomic mass is 79.9. The molecule has 1 amide bonds. The summed E-state index contributed by atoms with van der Waals surface area (Å²) in [6.07, 6.45) is 0.731. The molecule has 1 aromatic carbocycles. The molecule has 0 fully saturated rings. The average molecular weight is 326 g/mol. The fraction of sp³-hybridized carbons (Fsp3) is 0.214. The van der Waals surface area contributed by atoms with Gasteiger partial charge in [0.05, 0.1) is 4.47 Å². The molecule has 0 spiro atoms. The first-order valence-corrected chi connectivity index (χ1v) is 6.66. The molecule has 0 unspecified atom stereocenters. The van der Waals surface area contributed by atoms with Gasteiger partial charge in [0.25, 0.3) is 5.91 Å². The molecule has 0 radical (unpaired) electrons. The van der Waals surface area contributed by atoms with Crippen molar-refractivity contribution in [1.82, 2.24) is 0 Å². The summed E-state index contributed by atoms with van der Waals surface area (Å²) in [6.45, 7) is 3.67. The Bertz CT molecular complexity index is 622. The van der Waals surface area contributed by atoms with E-state index < -0.39 is 0 Å². The Morgan fingerprint density at radius 2 is 2.16 bits per heavy atom. The zero-order valence-electron chi connectivity index (χ0n) is 10.6. The van der Waals surface area contributed by atoms with Crippen molar-refractivity contribution < 1.29 is 13.6 Å². The summed E-state index contributed by atoms with van der Waals surface area (Å²) < 4.78 is 19.0. The molecule has 100 valence electrons. The van der Waals surface area contributed by atoms with Crippen molar-refractivity contribution in [3.63, 3.8) is 0 Å². The molecular formula is C14H13BrFNO2. The normalized spacial score (nSPS) is 10.5. The quantitative estimate of drug-likeness (QED) is 0.913. The van der Waals surface area contributed by atoms with Crippen LogP contribution < -0.4 is 5.32 Å². The van der Waals surface area contributed by atoms with Gasteiger partial charge in [0.15, 0.2) is 5.76 Å². The molecule has 0 saturated carbocycles. The third-order valence-electron chi connectivity index (χ3n) is 2.75. The van der Waals surface area contributed by atoms with Crippen molar-refractivity contribution in [2.45, 2.75) is 20.3 Å². The number of amides is 1. The van der Waals surface area contributed by atoms with Gasteiger partial charge < -0.3 is 9.73 Å². The van der Waals surface area contributed by atoms with Gasteiger partial charge >= 0.3 is 0 Å². The van der Waals surface area contributed by atoms with Crippen LogP contribution in [0.25, 0.3) is 0 Å². The first-order valence-electron chi connectivity index (χ1n) is 5.87. The van der Waals surface area contributed by atoms with Crippen LogP contribution in [0.15, 0.2) is 33.2 Å². The van der Waals surface area contributed by atoms with Gasteiger partial charge in [-0.1, -0.05) is 6.92 Å². The zero-order valence-corrected chi connectivity index (χ0v) is 12.2. The van der Waals surface area contributed by atoms with Crippen molar-refractivity contribution in [3.05, 3.63) is 51.6 Å². The number of hydrogen-bond acceptors (Lipinski definition) is 2. The van der Waals surface area contributed by atoms with Crippen LogP contribution in [0, 0.1) is 12.7 Å². The molecular weight excluding hydrogens is 313 g/mol. The molecule has 3 nitrogen and oxygen atoms in total. The zero-order chi connectivity index (χ0) is 14.0. The van der Waals surface area contributed by atoms with Crippen LogP contribution in [0.2, 0.25) is 0 Å². The predicted molar refractivity (Wildman–Crippen MR) is 74.9 cm³/mol. The van der Waals surface area contributed by atoms with Crippen molar-refractivity contribution in [2.75, 3.05) is 5.32 Å². The molecule has 0 atom stereocenters. The minimum absolute atomic E-state index is 0.247. The van der Waals surface area contributed by atoms with E-state index in [1.54, 1.807) is 19.1 Å². The number of rotatable bonds is 3. The first-order chi connectivity index (χ1) is 9.01. The molecule has 5 heteroatoms. The Balaban J connectivity index is 2.21. The Labute approximate surface area is 118 Å². The smallest absolute Gasteiger partial charge is 0.291 e. The number of carbonyl (C=O) groups is 1. The Morgan fingerprint density at radius 3 is 2.79 bits per heavy atom. The summed E-state index contributed by atoms with van der Waals surface area (Å²) in [5.74, 6) is 0.293. The van der Waals surface area contributed by atoms with Gasteiger partial charge in [-0.05, 0) is 52.7 Å². The second-order valence-corrected chi connectivity index (χ2v) is 5.01. The first kappa shape index (κ1) is 13.8. The standard InChI is InChI=1S/C14H13BrFNO2/c1-3-9-4-5-13(19-9)14(18)17-12-7-10(15)11(16)6-8(12)2/h4-7H,3H2,1-2H3,(H,17,18). The van der Waals surface area contributed by atoms with E-state index in [1.165, 1.54) is 12.1 Å². The number of aryl methyl sites for hydroxylation is 2. The number of halogens is 2. The van der Waals surface area contributed by atoms with Crippen LogP contribution in [-0.2, 0) is 6.42 Å². The fourth-order valence-electron chi connectivity index (χ4n) is 1.65. The molecule has 2 rings (SSSR count). The van der Waals surface area contributed by atoms with Crippen molar-refractivity contribution in [3.8, 4) is 0 Å². The maximum absolute atomic E-state index is 13.3. The molecule has 1 aromatic heterocycles. The lowest BCUT2D eigenvalue weighted by Gasteiger charge is -2.08. The molecule has 0 bridgehead atoms. The minimum atomic E-state index is -0.359. The molecule has 1 N–H and O–H groups in total. The van der Waals surface area contributed by atoms with Crippen molar-refractivity contribution >= 4 is 27.5 Å². The lowest BCUT2D eigenvalue weighted by atomic mass is 10.2. The summed E-state index contributed by atoms with van der Waals surface area (Å²) >= 11 is 3.09. The topological polar surface area (TPSA) is 42.2 Å². The summed E-state index contributed by atoms with van der Waals surface area (Å²) in [5.41, 5.74) is 1.20. The second kappa shape index (κ2) is 5.57. The van der Waals surface area contributed by atoms with E-state index in [2.05, 4.69) is 21.2 Å². The van der Waals surface area contributed by atoms with Gasteiger partial charge in [0, 0.05) is 12.1 Å². The van der Waals surface area contributed by atoms with Gasteiger partial charge in [0.2, 0.25) is 0 Å². The largest absolute Gasteiger partial charge is 0.456 e. The van der Waals surface area contributed by atoms with Crippen molar-refractivity contribution in [1.29, 1.82) is 0 Å². The monoisotopic (exact) mass is 325 g/mol. The summed E-state index contributed by atoms with van der Waals surface area (Å²) in [4.78, 5) is 12.0. The third kappa shape index (κ3) is 3.04. The van der Waals surface area contributed by atoms with Crippen LogP contribution in [0.4, 0.5) is 10.1 Å². The van der Waals surface area contributed by atoms with Crippen LogP contribution in [0.5, 0.6) is 0 Å². The molecule has 2 aromatic rings. The summed E-state index contributed by atoms with van der Waals surface area (Å²) in [6, 6.07) is 6.29. The van der Waals surface area contributed by atoms with Crippen LogP contribution >= 0.6 is 15.9 Å². The van der Waals surface area contributed by atoms with E-state index >= 15 is 0 Å². The number of benzene rings is 1. The van der Waals surface area contributed by atoms with Crippen LogP contribution in [0.3, 0.4) is 0 Å². The second-order valence-electron chi connectivity index (χ2n) is 4.15. The lowest BCUT2D eigenvalue weighted by Crippen LogP contribution is -2.12. The third-order valence-corrected chi connectivity index (χ3v) is 3.36. The molecule has 0 aliphatic carbocycles. The Morgan fingerprint density at radius 1 is 1.42 bits per heavy atom. The molecule has 19 heavy (non-hydrogen) atoms. The molecule has 0 aliphatic heterocycles. The lowest BCUT2D eigenvalue weighted by molar-refractivity contribution is 0.0995. The summed E-state index contributed by atoms with van der Waals surface area (Å²) in [5, 5.41) is 2.70. The molecule has 0 aliphatic rings. The predicted octanol–water partition coefficient (Wildman–Crippen LogP) is 4.30. The highest BCUT2D eigenvalue weighted by Gasteiger charge is 2.13. The number of hydrogen-bond donors (Lipinski definition) is 1. The Kier molecular flexibility index (Phi) is 4.04. The SMILES string of the molecule is CCc1ccc(C(=O)Nc2cc(Br)c(F)cc2C)o1. The Hall–Kier alpha value is -1.62. The number of carbonyl (C=O) groups excluding carboxylic acids is 1. The van der Waals surface area contributed by atoms with Crippen LogP contribution in [-0.4, -0.2) is 5.91 Å². The van der Waals surface area contributed by atoms with Gasteiger partial charge in [-0.3, -0.25) is 4.79 Å². The van der Waals surface area contributed by atoms with Crippen molar-refractivity contribution in [2.24, 2.45) is 0 Å². The van der Waals surface area contributed by atoms with E-state index in [1.807, 2.05) is 6.92 Å². The van der Waals surface area contributed by atoms with Gasteiger partial charge in [0.1, 0.15) is 11.6 Å². The van der Waals surface area contributed by atoms with E-state index in [0.717, 1.165) is 12.2 Å². The van der Waals surface area contributed by atoms with Crippen LogP contribution in [0.1, 0.15) is 28.8 Å². The minimum Gasteiger partial charge on any atom is -0.456 e. The maximum atomic E-state index is 13.3. The number of furan rings is 1. The van der Waals surface area contributed by atoms with E-state index in [-0.39, 0.29) is 17.5 Å². The van der Waals surface area contributed by atoms with E-state index in [0.29, 0.717) is 15.7 Å². The van der Waals surface area contributed by atoms with Gasteiger partial charge in [-0.2, -0.15) is 0 Å². The average Bonchev–Trinajstić information content (AvgIpc) is 2.84. The van der Waals surface area contributed by atoms with E-state index in [4.69, 9.17) is 4.42 Å². The highest BCUT2D eigenvalue weighted by Crippen LogP contribution is 2.24. The van der Waals surface area contributed by atoms with Gasteiger partial charge in [-0.25, -0.2) is 4.39 Å². The molecule has 0 saturated heterocycles. The number of nitrogens with one attached hydrogen (secondary N) is 1. The summed E-state index contributed by atoms with van der Waals surface area (Å²) in [7, 11) is 0. The number of anilines is 1. The maximum Gasteiger partial charge on any atom is 0.291 e.